The van der Waals surface area contributed by atoms with Gasteiger partial charge in [-0.2, -0.15) is 26.3 Å². The molecule has 2 aliphatic heterocycles. The molecule has 1 N–H and O–H groups in total. The topological polar surface area (TPSA) is 68.2 Å². The van der Waals surface area contributed by atoms with E-state index in [4.69, 9.17) is 14.6 Å². The fourth-order valence-electron chi connectivity index (χ4n) is 4.34. The van der Waals surface area contributed by atoms with E-state index in [2.05, 4.69) is 9.64 Å². The van der Waals surface area contributed by atoms with Crippen molar-refractivity contribution in [3.05, 3.63) is 58.7 Å². The molecule has 2 aliphatic rings. The van der Waals surface area contributed by atoms with E-state index in [1.165, 1.54) is 6.07 Å². The highest BCUT2D eigenvalue weighted by Gasteiger charge is 2.36. The first kappa shape index (κ1) is 27.6. The summed E-state index contributed by atoms with van der Waals surface area (Å²) in [5, 5.41) is 9.14. The van der Waals surface area contributed by atoms with Crippen molar-refractivity contribution in [1.29, 1.82) is 0 Å². The Bertz CT molecular complexity index is 1190. The van der Waals surface area contributed by atoms with Crippen LogP contribution >= 0.6 is 0 Å². The van der Waals surface area contributed by atoms with Crippen LogP contribution in [0.15, 0.2) is 42.0 Å². The van der Waals surface area contributed by atoms with Gasteiger partial charge in [0.1, 0.15) is 30.5 Å². The van der Waals surface area contributed by atoms with Crippen LogP contribution in [0.5, 0.6) is 17.2 Å². The highest BCUT2D eigenvalue weighted by atomic mass is 19.4. The van der Waals surface area contributed by atoms with Gasteiger partial charge in [0, 0.05) is 18.2 Å². The van der Waals surface area contributed by atoms with Gasteiger partial charge in [-0.15, -0.1) is 0 Å². The summed E-state index contributed by atoms with van der Waals surface area (Å²) >= 11 is 0. The van der Waals surface area contributed by atoms with Gasteiger partial charge in [-0.25, -0.2) is 0 Å². The molecular weight excluding hydrogens is 520 g/mol. The standard InChI is InChI=1S/C26H25F6NO5/c27-25(28,29)15-38-22-4-1-16(10-21(22)26(30,31)32)13-36-20-3-2-19-9-17(14-37-23(19)11-20)12-33-7-5-18(6-8-33)24(34)35/h1-4,9-11,18H,5-8,12-15H2,(H,34,35). The van der Waals surface area contributed by atoms with Crippen LogP contribution in [0.2, 0.25) is 0 Å². The Morgan fingerprint density at radius 2 is 1.76 bits per heavy atom. The first-order chi connectivity index (χ1) is 17.9. The highest BCUT2D eigenvalue weighted by molar-refractivity contribution is 5.70. The van der Waals surface area contributed by atoms with Gasteiger partial charge in [-0.1, -0.05) is 6.07 Å². The number of hydrogen-bond acceptors (Lipinski definition) is 5. The minimum Gasteiger partial charge on any atom is -0.489 e. The Hall–Kier alpha value is -3.41. The van der Waals surface area contributed by atoms with Gasteiger partial charge >= 0.3 is 18.3 Å². The molecule has 0 aliphatic carbocycles. The number of carboxylic acid groups (broad SMARTS) is 1. The summed E-state index contributed by atoms with van der Waals surface area (Å²) in [6.07, 6.45) is -6.48. The van der Waals surface area contributed by atoms with Crippen LogP contribution in [0.25, 0.3) is 6.08 Å². The van der Waals surface area contributed by atoms with Gasteiger partial charge < -0.3 is 19.3 Å². The van der Waals surface area contributed by atoms with E-state index in [1.807, 2.05) is 6.08 Å². The number of carbonyl (C=O) groups is 1. The van der Waals surface area contributed by atoms with E-state index >= 15 is 0 Å². The molecule has 38 heavy (non-hydrogen) atoms. The molecule has 1 saturated heterocycles. The molecule has 2 heterocycles. The zero-order valence-electron chi connectivity index (χ0n) is 20.1. The lowest BCUT2D eigenvalue weighted by Gasteiger charge is -2.31. The van der Waals surface area contributed by atoms with Crippen molar-refractivity contribution in [2.45, 2.75) is 31.8 Å². The minimum atomic E-state index is -4.91. The summed E-state index contributed by atoms with van der Waals surface area (Å²) in [5.74, 6) is -1.08. The number of rotatable bonds is 8. The van der Waals surface area contributed by atoms with Crippen molar-refractivity contribution in [1.82, 2.24) is 4.90 Å². The van der Waals surface area contributed by atoms with E-state index in [1.54, 1.807) is 18.2 Å². The van der Waals surface area contributed by atoms with E-state index in [0.29, 0.717) is 56.6 Å². The van der Waals surface area contributed by atoms with Crippen LogP contribution in [0, 0.1) is 5.92 Å². The summed E-state index contributed by atoms with van der Waals surface area (Å²) in [6, 6.07) is 7.78. The number of aliphatic carboxylic acids is 1. The molecule has 0 aromatic heterocycles. The van der Waals surface area contributed by atoms with Gasteiger partial charge in [0.2, 0.25) is 0 Å². The maximum absolute atomic E-state index is 13.4. The number of carboxylic acids is 1. The molecule has 12 heteroatoms. The molecule has 4 rings (SSSR count). The summed E-state index contributed by atoms with van der Waals surface area (Å²) in [7, 11) is 0. The van der Waals surface area contributed by atoms with Gasteiger partial charge in [-0.05, 0) is 67.4 Å². The van der Waals surface area contributed by atoms with Crippen molar-refractivity contribution in [3.8, 4) is 17.2 Å². The normalized spacial score (nSPS) is 16.8. The third-order valence-electron chi connectivity index (χ3n) is 6.27. The first-order valence-corrected chi connectivity index (χ1v) is 11.8. The average Bonchev–Trinajstić information content (AvgIpc) is 2.85. The van der Waals surface area contributed by atoms with Crippen LogP contribution in [-0.2, 0) is 17.6 Å². The first-order valence-electron chi connectivity index (χ1n) is 11.8. The largest absolute Gasteiger partial charge is 0.489 e. The number of hydrogen-bond donors (Lipinski definition) is 1. The Labute approximate surface area is 214 Å². The number of likely N-dealkylation sites (tertiary alicyclic amines) is 1. The molecule has 0 saturated carbocycles. The molecular formula is C26H25F6NO5. The molecule has 2 aromatic rings. The predicted octanol–water partition coefficient (Wildman–Crippen LogP) is 5.80. The third kappa shape index (κ3) is 7.33. The monoisotopic (exact) mass is 545 g/mol. The predicted molar refractivity (Wildman–Crippen MR) is 124 cm³/mol. The number of halogens is 6. The summed E-state index contributed by atoms with van der Waals surface area (Å²) < 4.78 is 93.1. The second-order valence-electron chi connectivity index (χ2n) is 9.20. The van der Waals surface area contributed by atoms with Gasteiger partial charge in [0.15, 0.2) is 6.61 Å². The summed E-state index contributed by atoms with van der Waals surface area (Å²) in [6.45, 7) is 0.298. The molecule has 0 bridgehead atoms. The maximum atomic E-state index is 13.4. The zero-order valence-corrected chi connectivity index (χ0v) is 20.1. The SMILES string of the molecule is O=C(O)C1CCN(CC2=Cc3ccc(OCc4ccc(OCC(F)(F)F)c(C(F)(F)F)c4)cc3OC2)CC1. The number of ether oxygens (including phenoxy) is 3. The number of fused-ring (bicyclic) bond motifs is 1. The van der Waals surface area contributed by atoms with Crippen molar-refractivity contribution in [2.75, 3.05) is 32.8 Å². The summed E-state index contributed by atoms with van der Waals surface area (Å²) in [4.78, 5) is 13.3. The minimum absolute atomic E-state index is 0.101. The second-order valence-corrected chi connectivity index (χ2v) is 9.20. The molecule has 206 valence electrons. The molecule has 2 aromatic carbocycles. The van der Waals surface area contributed by atoms with E-state index < -0.39 is 36.2 Å². The van der Waals surface area contributed by atoms with Crippen molar-refractivity contribution < 1.29 is 50.5 Å². The Morgan fingerprint density at radius 3 is 2.42 bits per heavy atom. The Morgan fingerprint density at radius 1 is 1.03 bits per heavy atom. The number of benzene rings is 2. The number of nitrogens with zero attached hydrogens (tertiary/aromatic N) is 1. The van der Waals surface area contributed by atoms with Crippen LogP contribution in [0.1, 0.15) is 29.5 Å². The fourth-order valence-corrected chi connectivity index (χ4v) is 4.34. The van der Waals surface area contributed by atoms with Crippen LogP contribution in [0.4, 0.5) is 26.3 Å². The van der Waals surface area contributed by atoms with E-state index in [9.17, 15) is 31.1 Å². The van der Waals surface area contributed by atoms with E-state index in [-0.39, 0.29) is 18.1 Å². The highest BCUT2D eigenvalue weighted by Crippen LogP contribution is 2.38. The lowest BCUT2D eigenvalue weighted by atomic mass is 9.96. The van der Waals surface area contributed by atoms with Crippen molar-refractivity contribution in [3.63, 3.8) is 0 Å². The molecule has 0 radical (unpaired) electrons. The fraction of sp³-hybridized carbons (Fsp3) is 0.423. The quantitative estimate of drug-likeness (QED) is 0.423. The van der Waals surface area contributed by atoms with Crippen molar-refractivity contribution >= 4 is 12.0 Å². The third-order valence-corrected chi connectivity index (χ3v) is 6.27. The molecule has 0 unspecified atom stereocenters. The maximum Gasteiger partial charge on any atom is 0.422 e. The van der Waals surface area contributed by atoms with Crippen molar-refractivity contribution in [2.24, 2.45) is 5.92 Å². The number of alkyl halides is 6. The van der Waals surface area contributed by atoms with E-state index in [0.717, 1.165) is 17.2 Å². The second kappa shape index (κ2) is 11.1. The molecule has 0 amide bonds. The van der Waals surface area contributed by atoms with Gasteiger partial charge in [0.25, 0.3) is 0 Å². The van der Waals surface area contributed by atoms with Crippen LogP contribution < -0.4 is 14.2 Å². The zero-order chi connectivity index (χ0) is 27.5. The number of piperidine rings is 1. The molecule has 0 atom stereocenters. The van der Waals surface area contributed by atoms with Crippen LogP contribution in [-0.4, -0.2) is 55.0 Å². The lowest BCUT2D eigenvalue weighted by Crippen LogP contribution is -2.38. The van der Waals surface area contributed by atoms with Crippen LogP contribution in [0.3, 0.4) is 0 Å². The Balaban J connectivity index is 1.37. The lowest BCUT2D eigenvalue weighted by molar-refractivity contribution is -0.158. The average molecular weight is 545 g/mol. The Kier molecular flexibility index (Phi) is 8.10. The smallest absolute Gasteiger partial charge is 0.422 e. The molecule has 6 nitrogen and oxygen atoms in total. The van der Waals surface area contributed by atoms with Gasteiger partial charge in [-0.3, -0.25) is 9.69 Å². The van der Waals surface area contributed by atoms with Gasteiger partial charge in [0.05, 0.1) is 11.5 Å². The summed E-state index contributed by atoms with van der Waals surface area (Å²) in [5.41, 5.74) is 0.627. The molecule has 1 fully saturated rings. The molecule has 0 spiro atoms.